The monoisotopic (exact) mass is 210 g/mol. The molecule has 3 N–H and O–H groups in total. The van der Waals surface area contributed by atoms with Gasteiger partial charge in [0, 0.05) is 37.1 Å². The number of nitrogens with zero attached hydrogens (tertiary/aromatic N) is 1. The van der Waals surface area contributed by atoms with E-state index in [9.17, 15) is 5.11 Å². The number of benzene rings is 1. The number of anilines is 2. The summed E-state index contributed by atoms with van der Waals surface area (Å²) in [5, 5.41) is 9.28. The van der Waals surface area contributed by atoms with Crippen LogP contribution < -0.4 is 15.4 Å². The van der Waals surface area contributed by atoms with Gasteiger partial charge in [-0.15, -0.1) is 0 Å². The van der Waals surface area contributed by atoms with Gasteiger partial charge >= 0.3 is 0 Å². The highest BCUT2D eigenvalue weighted by Crippen LogP contribution is 2.24. The van der Waals surface area contributed by atoms with Gasteiger partial charge in [-0.3, -0.25) is 0 Å². The molecule has 0 saturated heterocycles. The predicted molar refractivity (Wildman–Crippen MR) is 62.4 cm³/mol. The van der Waals surface area contributed by atoms with Crippen molar-refractivity contribution in [2.75, 3.05) is 31.3 Å². The minimum atomic E-state index is -0.373. The van der Waals surface area contributed by atoms with Crippen molar-refractivity contribution in [1.29, 1.82) is 0 Å². The zero-order valence-corrected chi connectivity index (χ0v) is 9.40. The molecule has 1 unspecified atom stereocenters. The molecule has 0 amide bonds. The molecule has 84 valence electrons. The number of methoxy groups -OCH3 is 1. The molecule has 0 radical (unpaired) electrons. The fourth-order valence-electron chi connectivity index (χ4n) is 1.45. The van der Waals surface area contributed by atoms with Crippen LogP contribution in [0.3, 0.4) is 0 Å². The van der Waals surface area contributed by atoms with Gasteiger partial charge in [0.05, 0.1) is 13.2 Å². The lowest BCUT2D eigenvalue weighted by molar-refractivity contribution is 0.201. The zero-order chi connectivity index (χ0) is 11.4. The van der Waals surface area contributed by atoms with E-state index in [1.165, 1.54) is 0 Å². The fraction of sp³-hybridized carbons (Fsp3) is 0.455. The van der Waals surface area contributed by atoms with Crippen molar-refractivity contribution in [2.24, 2.45) is 0 Å². The molecule has 0 heterocycles. The largest absolute Gasteiger partial charge is 0.497 e. The van der Waals surface area contributed by atoms with Crippen LogP contribution >= 0.6 is 0 Å². The number of aliphatic hydroxyl groups is 1. The van der Waals surface area contributed by atoms with E-state index in [-0.39, 0.29) is 6.10 Å². The summed E-state index contributed by atoms with van der Waals surface area (Å²) < 4.78 is 5.12. The molecule has 0 saturated carbocycles. The van der Waals surface area contributed by atoms with Crippen molar-refractivity contribution in [3.8, 4) is 5.75 Å². The predicted octanol–water partition coefficient (Wildman–Crippen LogP) is 1.09. The van der Waals surface area contributed by atoms with E-state index in [0.717, 1.165) is 11.4 Å². The summed E-state index contributed by atoms with van der Waals surface area (Å²) in [4.78, 5) is 1.93. The van der Waals surface area contributed by atoms with Crippen LogP contribution in [0.4, 0.5) is 11.4 Å². The molecule has 4 nitrogen and oxygen atoms in total. The number of ether oxygens (including phenoxy) is 1. The summed E-state index contributed by atoms with van der Waals surface area (Å²) in [6.07, 6.45) is -0.373. The molecule has 0 aliphatic carbocycles. The SMILES string of the molecule is COc1cc(N)cc(N(C)CC(C)O)c1. The van der Waals surface area contributed by atoms with Gasteiger partial charge in [-0.2, -0.15) is 0 Å². The zero-order valence-electron chi connectivity index (χ0n) is 9.40. The van der Waals surface area contributed by atoms with Crippen molar-refractivity contribution in [3.05, 3.63) is 18.2 Å². The first kappa shape index (κ1) is 11.7. The summed E-state index contributed by atoms with van der Waals surface area (Å²) in [6, 6.07) is 5.50. The van der Waals surface area contributed by atoms with Gasteiger partial charge in [0.1, 0.15) is 5.75 Å². The third-order valence-electron chi connectivity index (χ3n) is 2.13. The van der Waals surface area contributed by atoms with Crippen molar-refractivity contribution in [2.45, 2.75) is 13.0 Å². The summed E-state index contributed by atoms with van der Waals surface area (Å²) >= 11 is 0. The van der Waals surface area contributed by atoms with Crippen LogP contribution in [0.25, 0.3) is 0 Å². The summed E-state index contributed by atoms with van der Waals surface area (Å²) in [7, 11) is 3.51. The molecule has 1 aromatic carbocycles. The Labute approximate surface area is 90.3 Å². The van der Waals surface area contributed by atoms with Crippen LogP contribution in [-0.4, -0.2) is 31.9 Å². The topological polar surface area (TPSA) is 58.7 Å². The molecule has 0 fully saturated rings. The van der Waals surface area contributed by atoms with Gasteiger partial charge in [-0.05, 0) is 13.0 Å². The van der Waals surface area contributed by atoms with Crippen LogP contribution in [0.2, 0.25) is 0 Å². The van der Waals surface area contributed by atoms with E-state index in [4.69, 9.17) is 10.5 Å². The highest BCUT2D eigenvalue weighted by atomic mass is 16.5. The summed E-state index contributed by atoms with van der Waals surface area (Å²) in [5.74, 6) is 0.724. The Morgan fingerprint density at radius 3 is 2.67 bits per heavy atom. The molecular weight excluding hydrogens is 192 g/mol. The second-order valence-corrected chi connectivity index (χ2v) is 3.69. The maximum Gasteiger partial charge on any atom is 0.122 e. The van der Waals surface area contributed by atoms with E-state index in [1.807, 2.05) is 24.1 Å². The third kappa shape index (κ3) is 3.32. The van der Waals surface area contributed by atoms with Crippen LogP contribution in [0.5, 0.6) is 5.75 Å². The van der Waals surface area contributed by atoms with Gasteiger partial charge in [-0.25, -0.2) is 0 Å². The smallest absolute Gasteiger partial charge is 0.122 e. The quantitative estimate of drug-likeness (QED) is 0.730. The lowest BCUT2D eigenvalue weighted by atomic mass is 10.2. The van der Waals surface area contributed by atoms with Crippen LogP contribution in [0, 0.1) is 0 Å². The first-order valence-electron chi connectivity index (χ1n) is 4.86. The number of nitrogen functional groups attached to an aromatic ring is 1. The Morgan fingerprint density at radius 1 is 1.47 bits per heavy atom. The molecular formula is C11H18N2O2. The minimum absolute atomic E-state index is 0.373. The van der Waals surface area contributed by atoms with Crippen LogP contribution in [-0.2, 0) is 0 Å². The van der Waals surface area contributed by atoms with Crippen molar-refractivity contribution in [1.82, 2.24) is 0 Å². The minimum Gasteiger partial charge on any atom is -0.497 e. The number of rotatable bonds is 4. The number of likely N-dealkylation sites (N-methyl/N-ethyl adjacent to an activating group) is 1. The van der Waals surface area contributed by atoms with E-state index in [1.54, 1.807) is 20.1 Å². The fourth-order valence-corrected chi connectivity index (χ4v) is 1.45. The molecule has 4 heteroatoms. The average Bonchev–Trinajstić information content (AvgIpc) is 2.15. The molecule has 0 aliphatic rings. The molecule has 1 aromatic rings. The van der Waals surface area contributed by atoms with E-state index >= 15 is 0 Å². The van der Waals surface area contributed by atoms with Crippen LogP contribution in [0.15, 0.2) is 18.2 Å². The molecule has 1 rings (SSSR count). The van der Waals surface area contributed by atoms with Gasteiger partial charge in [-0.1, -0.05) is 0 Å². The maximum atomic E-state index is 9.28. The molecule has 0 aliphatic heterocycles. The van der Waals surface area contributed by atoms with Crippen molar-refractivity contribution >= 4 is 11.4 Å². The van der Waals surface area contributed by atoms with Gasteiger partial charge in [0.15, 0.2) is 0 Å². The standard InChI is InChI=1S/C11H18N2O2/c1-8(14)7-13(2)10-4-9(12)5-11(6-10)15-3/h4-6,8,14H,7,12H2,1-3H3. The van der Waals surface area contributed by atoms with Crippen molar-refractivity contribution in [3.63, 3.8) is 0 Å². The van der Waals surface area contributed by atoms with Crippen molar-refractivity contribution < 1.29 is 9.84 Å². The molecule has 0 aromatic heterocycles. The Kier molecular flexibility index (Phi) is 3.80. The van der Waals surface area contributed by atoms with E-state index in [2.05, 4.69) is 0 Å². The first-order valence-corrected chi connectivity index (χ1v) is 4.86. The highest BCUT2D eigenvalue weighted by Gasteiger charge is 2.06. The number of nitrogens with two attached hydrogens (primary N) is 1. The second-order valence-electron chi connectivity index (χ2n) is 3.69. The number of hydrogen-bond acceptors (Lipinski definition) is 4. The molecule has 0 bridgehead atoms. The van der Waals surface area contributed by atoms with E-state index in [0.29, 0.717) is 12.2 Å². The number of aliphatic hydroxyl groups excluding tert-OH is 1. The molecule has 15 heavy (non-hydrogen) atoms. The Morgan fingerprint density at radius 2 is 2.13 bits per heavy atom. The normalized spacial score (nSPS) is 12.3. The lowest BCUT2D eigenvalue weighted by Crippen LogP contribution is -2.26. The average molecular weight is 210 g/mol. The molecule has 1 atom stereocenters. The van der Waals surface area contributed by atoms with Gasteiger partial charge in [0.2, 0.25) is 0 Å². The lowest BCUT2D eigenvalue weighted by Gasteiger charge is -2.21. The van der Waals surface area contributed by atoms with Gasteiger partial charge in [0.25, 0.3) is 0 Å². The maximum absolute atomic E-state index is 9.28. The third-order valence-corrected chi connectivity index (χ3v) is 2.13. The number of hydrogen-bond donors (Lipinski definition) is 2. The first-order chi connectivity index (χ1) is 7.02. The Balaban J connectivity index is 2.88. The second kappa shape index (κ2) is 4.89. The highest BCUT2D eigenvalue weighted by molar-refractivity contribution is 5.60. The Bertz CT molecular complexity index is 326. The van der Waals surface area contributed by atoms with E-state index < -0.39 is 0 Å². The Hall–Kier alpha value is -1.42. The summed E-state index contributed by atoms with van der Waals surface area (Å²) in [5.41, 5.74) is 7.33. The summed E-state index contributed by atoms with van der Waals surface area (Å²) in [6.45, 7) is 2.31. The van der Waals surface area contributed by atoms with Crippen LogP contribution in [0.1, 0.15) is 6.92 Å². The van der Waals surface area contributed by atoms with Gasteiger partial charge < -0.3 is 20.5 Å². The molecule has 0 spiro atoms.